The van der Waals surface area contributed by atoms with E-state index in [1.54, 1.807) is 0 Å². The summed E-state index contributed by atoms with van der Waals surface area (Å²) in [6.45, 7) is 2.09. The molecule has 3 nitrogen and oxygen atoms in total. The molecular formula is C15H19NO2. The fourth-order valence-electron chi connectivity index (χ4n) is 3.52. The van der Waals surface area contributed by atoms with Gasteiger partial charge >= 0.3 is 5.97 Å². The Morgan fingerprint density at radius 2 is 1.72 bits per heavy atom. The van der Waals surface area contributed by atoms with Crippen LogP contribution < -0.4 is 4.90 Å². The van der Waals surface area contributed by atoms with Gasteiger partial charge in [0.25, 0.3) is 0 Å². The molecule has 1 N–H and O–H groups in total. The van der Waals surface area contributed by atoms with Crippen molar-refractivity contribution in [1.82, 2.24) is 0 Å². The number of aliphatic carboxylic acids is 1. The van der Waals surface area contributed by atoms with Crippen molar-refractivity contribution >= 4 is 11.7 Å². The van der Waals surface area contributed by atoms with Gasteiger partial charge in [0.2, 0.25) is 0 Å². The van der Waals surface area contributed by atoms with Gasteiger partial charge in [0.1, 0.15) is 0 Å². The number of benzene rings is 1. The number of carboxylic acid groups (broad SMARTS) is 1. The lowest BCUT2D eigenvalue weighted by atomic mass is 9.90. The van der Waals surface area contributed by atoms with Crippen LogP contribution in [0.5, 0.6) is 0 Å². The molecule has 96 valence electrons. The lowest BCUT2D eigenvalue weighted by Crippen LogP contribution is -2.44. The van der Waals surface area contributed by atoms with Gasteiger partial charge in [-0.2, -0.15) is 0 Å². The Bertz CT molecular complexity index is 440. The second-order valence-electron chi connectivity index (χ2n) is 5.63. The molecule has 0 radical (unpaired) electrons. The minimum Gasteiger partial charge on any atom is -0.481 e. The number of hydrogen-bond donors (Lipinski definition) is 1. The summed E-state index contributed by atoms with van der Waals surface area (Å²) in [5.74, 6) is -0.750. The molecule has 2 unspecified atom stereocenters. The maximum absolute atomic E-state index is 11.1. The summed E-state index contributed by atoms with van der Waals surface area (Å²) < 4.78 is 0. The first kappa shape index (κ1) is 11.6. The van der Waals surface area contributed by atoms with E-state index in [9.17, 15) is 9.90 Å². The van der Waals surface area contributed by atoms with Gasteiger partial charge in [-0.25, -0.2) is 0 Å². The summed E-state index contributed by atoms with van der Waals surface area (Å²) in [5, 5.41) is 9.18. The van der Waals surface area contributed by atoms with E-state index in [1.165, 1.54) is 11.3 Å². The van der Waals surface area contributed by atoms with Crippen molar-refractivity contribution in [2.75, 3.05) is 4.90 Å². The van der Waals surface area contributed by atoms with Crippen molar-refractivity contribution in [2.45, 2.75) is 44.7 Å². The van der Waals surface area contributed by atoms with Crippen LogP contribution in [0.1, 0.15) is 31.2 Å². The highest BCUT2D eigenvalue weighted by atomic mass is 16.4. The van der Waals surface area contributed by atoms with Crippen molar-refractivity contribution in [2.24, 2.45) is 5.92 Å². The van der Waals surface area contributed by atoms with Gasteiger partial charge < -0.3 is 10.0 Å². The van der Waals surface area contributed by atoms with Gasteiger partial charge in [-0.1, -0.05) is 17.7 Å². The van der Waals surface area contributed by atoms with Gasteiger partial charge in [-0.15, -0.1) is 0 Å². The molecule has 0 aliphatic carbocycles. The highest BCUT2D eigenvalue weighted by Crippen LogP contribution is 2.41. The number of hydrogen-bond acceptors (Lipinski definition) is 2. The van der Waals surface area contributed by atoms with E-state index in [1.807, 2.05) is 0 Å². The average molecular weight is 245 g/mol. The molecule has 0 amide bonds. The lowest BCUT2D eigenvalue weighted by Gasteiger charge is -2.39. The zero-order valence-corrected chi connectivity index (χ0v) is 10.7. The van der Waals surface area contributed by atoms with E-state index in [4.69, 9.17) is 0 Å². The van der Waals surface area contributed by atoms with Crippen LogP contribution in [-0.2, 0) is 4.79 Å². The van der Waals surface area contributed by atoms with Crippen molar-refractivity contribution in [3.05, 3.63) is 29.8 Å². The molecule has 2 atom stereocenters. The zero-order chi connectivity index (χ0) is 12.7. The quantitative estimate of drug-likeness (QED) is 0.871. The molecule has 3 rings (SSSR count). The molecule has 0 spiro atoms. The highest BCUT2D eigenvalue weighted by molar-refractivity contribution is 5.71. The van der Waals surface area contributed by atoms with Crippen LogP contribution in [0.25, 0.3) is 0 Å². The van der Waals surface area contributed by atoms with Crippen LogP contribution in [0, 0.1) is 12.8 Å². The van der Waals surface area contributed by atoms with Crippen molar-refractivity contribution in [1.29, 1.82) is 0 Å². The first-order chi connectivity index (χ1) is 8.65. The maximum atomic E-state index is 11.1. The Labute approximate surface area is 107 Å². The molecule has 2 aliphatic heterocycles. The second-order valence-corrected chi connectivity index (χ2v) is 5.63. The standard InChI is InChI=1S/C15H19NO2/c1-10-2-4-12(5-3-10)16-13-6-7-14(16)9-11(8-13)15(17)18/h2-5,11,13-14H,6-9H2,1H3,(H,17,18). The van der Waals surface area contributed by atoms with Gasteiger partial charge in [-0.3, -0.25) is 4.79 Å². The first-order valence-electron chi connectivity index (χ1n) is 6.73. The van der Waals surface area contributed by atoms with Gasteiger partial charge in [0.15, 0.2) is 0 Å². The van der Waals surface area contributed by atoms with Crippen molar-refractivity contribution in [3.8, 4) is 0 Å². The summed E-state index contributed by atoms with van der Waals surface area (Å²) >= 11 is 0. The van der Waals surface area contributed by atoms with E-state index < -0.39 is 5.97 Å². The predicted molar refractivity (Wildman–Crippen MR) is 70.8 cm³/mol. The molecule has 0 aromatic heterocycles. The number of aryl methyl sites for hydroxylation is 1. The third-order valence-electron chi connectivity index (χ3n) is 4.41. The van der Waals surface area contributed by atoms with E-state index in [0.717, 1.165) is 25.7 Å². The third-order valence-corrected chi connectivity index (χ3v) is 4.41. The van der Waals surface area contributed by atoms with Crippen molar-refractivity contribution < 1.29 is 9.90 Å². The summed E-state index contributed by atoms with van der Waals surface area (Å²) in [4.78, 5) is 13.6. The minimum absolute atomic E-state index is 0.135. The Morgan fingerprint density at radius 3 is 2.22 bits per heavy atom. The number of carbonyl (C=O) groups is 1. The molecular weight excluding hydrogens is 226 g/mol. The smallest absolute Gasteiger partial charge is 0.306 e. The van der Waals surface area contributed by atoms with Gasteiger partial charge in [-0.05, 0) is 44.7 Å². The topological polar surface area (TPSA) is 40.5 Å². The molecule has 1 aromatic carbocycles. The Balaban J connectivity index is 1.83. The van der Waals surface area contributed by atoms with Gasteiger partial charge in [0.05, 0.1) is 5.92 Å². The fourth-order valence-corrected chi connectivity index (χ4v) is 3.52. The molecule has 2 bridgehead atoms. The number of carboxylic acids is 1. The summed E-state index contributed by atoms with van der Waals surface area (Å²) in [6, 6.07) is 9.46. The number of fused-ring (bicyclic) bond motifs is 2. The second kappa shape index (κ2) is 4.30. The molecule has 3 heteroatoms. The van der Waals surface area contributed by atoms with Crippen molar-refractivity contribution in [3.63, 3.8) is 0 Å². The number of anilines is 1. The zero-order valence-electron chi connectivity index (χ0n) is 10.7. The first-order valence-corrected chi connectivity index (χ1v) is 6.73. The minimum atomic E-state index is -0.615. The van der Waals surface area contributed by atoms with Gasteiger partial charge in [0, 0.05) is 17.8 Å². The fraction of sp³-hybridized carbons (Fsp3) is 0.533. The molecule has 2 saturated heterocycles. The Morgan fingerprint density at radius 1 is 1.17 bits per heavy atom. The number of piperidine rings is 1. The molecule has 2 fully saturated rings. The normalized spacial score (nSPS) is 30.5. The summed E-state index contributed by atoms with van der Waals surface area (Å²) in [5.41, 5.74) is 2.53. The van der Waals surface area contributed by atoms with Crippen LogP contribution in [-0.4, -0.2) is 23.2 Å². The lowest BCUT2D eigenvalue weighted by molar-refractivity contribution is -0.142. The van der Waals surface area contributed by atoms with Crippen LogP contribution in [0.2, 0.25) is 0 Å². The molecule has 2 aliphatic rings. The van der Waals surface area contributed by atoms with E-state index >= 15 is 0 Å². The number of rotatable bonds is 2. The third kappa shape index (κ3) is 1.88. The predicted octanol–water partition coefficient (Wildman–Crippen LogP) is 2.83. The average Bonchev–Trinajstić information content (AvgIpc) is 2.61. The van der Waals surface area contributed by atoms with Crippen LogP contribution in [0.15, 0.2) is 24.3 Å². The molecule has 1 aromatic rings. The Hall–Kier alpha value is -1.51. The number of nitrogens with zero attached hydrogens (tertiary/aromatic N) is 1. The molecule has 2 heterocycles. The monoisotopic (exact) mass is 245 g/mol. The van der Waals surface area contributed by atoms with E-state index in [2.05, 4.69) is 36.1 Å². The SMILES string of the molecule is Cc1ccc(N2C3CCC2CC(C(=O)O)C3)cc1. The summed E-state index contributed by atoms with van der Waals surface area (Å²) in [6.07, 6.45) is 3.89. The molecule has 0 saturated carbocycles. The van der Waals surface area contributed by atoms with Crippen LogP contribution in [0.3, 0.4) is 0 Å². The van der Waals surface area contributed by atoms with E-state index in [-0.39, 0.29) is 5.92 Å². The Kier molecular flexibility index (Phi) is 2.77. The molecule has 18 heavy (non-hydrogen) atoms. The highest BCUT2D eigenvalue weighted by Gasteiger charge is 2.42. The van der Waals surface area contributed by atoms with E-state index in [0.29, 0.717) is 12.1 Å². The largest absolute Gasteiger partial charge is 0.481 e. The van der Waals surface area contributed by atoms with Crippen LogP contribution >= 0.6 is 0 Å². The summed E-state index contributed by atoms with van der Waals surface area (Å²) in [7, 11) is 0. The maximum Gasteiger partial charge on any atom is 0.306 e. The van der Waals surface area contributed by atoms with Crippen LogP contribution in [0.4, 0.5) is 5.69 Å².